The van der Waals surface area contributed by atoms with Crippen LogP contribution in [-0.2, 0) is 26.2 Å². The average molecular weight is 651 g/mol. The zero-order valence-corrected chi connectivity index (χ0v) is 27.0. The van der Waals surface area contributed by atoms with Gasteiger partial charge in [-0.3, -0.25) is 13.9 Å². The quantitative estimate of drug-likeness (QED) is 0.205. The number of sulfonamides is 1. The van der Waals surface area contributed by atoms with Gasteiger partial charge in [-0.1, -0.05) is 55.6 Å². The molecule has 0 aromatic heterocycles. The Morgan fingerprint density at radius 3 is 2.05 bits per heavy atom. The summed E-state index contributed by atoms with van der Waals surface area (Å²) in [6, 6.07) is 16.4. The van der Waals surface area contributed by atoms with Crippen molar-refractivity contribution in [2.75, 3.05) is 31.6 Å². The van der Waals surface area contributed by atoms with Crippen LogP contribution in [-0.4, -0.2) is 58.5 Å². The molecule has 0 heterocycles. The van der Waals surface area contributed by atoms with Gasteiger partial charge in [0.2, 0.25) is 11.8 Å². The summed E-state index contributed by atoms with van der Waals surface area (Å²) < 4.78 is 39.8. The maximum Gasteiger partial charge on any atom is 0.264 e. The number of carbonyl (C=O) groups is 2. The van der Waals surface area contributed by atoms with E-state index in [0.29, 0.717) is 28.8 Å². The van der Waals surface area contributed by atoms with Crippen LogP contribution < -0.4 is 19.1 Å². The minimum atomic E-state index is -4.31. The summed E-state index contributed by atoms with van der Waals surface area (Å²) in [5, 5.41) is 3.84. The molecule has 3 aromatic carbocycles. The fourth-order valence-corrected chi connectivity index (χ4v) is 6.13. The number of nitrogens with zero attached hydrogens (tertiary/aromatic N) is 2. The molecular formula is C31H37Cl2N3O6S. The van der Waals surface area contributed by atoms with E-state index in [0.717, 1.165) is 22.7 Å². The van der Waals surface area contributed by atoms with E-state index in [1.165, 1.54) is 49.5 Å². The number of rotatable bonds is 15. The van der Waals surface area contributed by atoms with Gasteiger partial charge in [0, 0.05) is 29.2 Å². The minimum absolute atomic E-state index is 0.0700. The molecule has 43 heavy (non-hydrogen) atoms. The van der Waals surface area contributed by atoms with Gasteiger partial charge in [0.1, 0.15) is 12.6 Å². The van der Waals surface area contributed by atoms with Crippen LogP contribution in [0.3, 0.4) is 0 Å². The molecule has 9 nitrogen and oxygen atoms in total. The number of halogens is 2. The predicted octanol–water partition coefficient (Wildman–Crippen LogP) is 5.93. The lowest BCUT2D eigenvalue weighted by Crippen LogP contribution is -2.52. The van der Waals surface area contributed by atoms with Crippen LogP contribution in [0.2, 0.25) is 10.0 Å². The molecule has 2 amide bonds. The number of unbranched alkanes of at least 4 members (excludes halogenated alkanes) is 1. The van der Waals surface area contributed by atoms with E-state index in [1.54, 1.807) is 36.4 Å². The first-order chi connectivity index (χ1) is 20.5. The number of hydrogen-bond donors (Lipinski definition) is 1. The Bertz CT molecular complexity index is 1480. The number of amides is 2. The van der Waals surface area contributed by atoms with Gasteiger partial charge in [-0.15, -0.1) is 0 Å². The molecule has 0 aliphatic carbocycles. The van der Waals surface area contributed by atoms with E-state index in [4.69, 9.17) is 32.7 Å². The molecule has 0 bridgehead atoms. The molecule has 3 rings (SSSR count). The van der Waals surface area contributed by atoms with E-state index in [2.05, 4.69) is 5.32 Å². The molecule has 1 unspecified atom stereocenters. The van der Waals surface area contributed by atoms with Crippen LogP contribution in [0.4, 0.5) is 5.69 Å². The first-order valence-electron chi connectivity index (χ1n) is 13.9. The molecule has 0 spiro atoms. The summed E-state index contributed by atoms with van der Waals surface area (Å²) in [7, 11) is -1.46. The molecule has 0 saturated carbocycles. The van der Waals surface area contributed by atoms with Crippen molar-refractivity contribution in [3.8, 4) is 11.5 Å². The summed E-state index contributed by atoms with van der Waals surface area (Å²) >= 11 is 12.2. The van der Waals surface area contributed by atoms with Crippen molar-refractivity contribution < 1.29 is 27.5 Å². The monoisotopic (exact) mass is 649 g/mol. The second kappa shape index (κ2) is 15.8. The Morgan fingerprint density at radius 2 is 1.49 bits per heavy atom. The molecule has 1 N–H and O–H groups in total. The summed E-state index contributed by atoms with van der Waals surface area (Å²) in [5.41, 5.74) is 0.956. The third kappa shape index (κ3) is 8.78. The second-order valence-corrected chi connectivity index (χ2v) is 12.5. The smallest absolute Gasteiger partial charge is 0.264 e. The average Bonchev–Trinajstić information content (AvgIpc) is 3.00. The third-order valence-electron chi connectivity index (χ3n) is 6.82. The van der Waals surface area contributed by atoms with Crippen molar-refractivity contribution in [3.63, 3.8) is 0 Å². The van der Waals surface area contributed by atoms with Gasteiger partial charge in [0.15, 0.2) is 11.5 Å². The SMILES string of the molecule is CCCCNC(=O)C(CC)N(Cc1ccc(Cl)cc1)C(=O)CN(c1ccc(Cl)cc1)S(=O)(=O)c1ccc(OC)c(OC)c1. The summed E-state index contributed by atoms with van der Waals surface area (Å²) in [6.07, 6.45) is 2.01. The van der Waals surface area contributed by atoms with Crippen molar-refractivity contribution in [2.24, 2.45) is 0 Å². The molecular weight excluding hydrogens is 613 g/mol. The highest BCUT2D eigenvalue weighted by Crippen LogP contribution is 2.33. The van der Waals surface area contributed by atoms with Crippen molar-refractivity contribution in [1.82, 2.24) is 10.2 Å². The van der Waals surface area contributed by atoms with Gasteiger partial charge < -0.3 is 19.7 Å². The van der Waals surface area contributed by atoms with Gasteiger partial charge in [-0.2, -0.15) is 0 Å². The Morgan fingerprint density at radius 1 is 0.884 bits per heavy atom. The van der Waals surface area contributed by atoms with E-state index >= 15 is 0 Å². The minimum Gasteiger partial charge on any atom is -0.493 e. The highest BCUT2D eigenvalue weighted by Gasteiger charge is 2.34. The Labute approximate surface area is 263 Å². The van der Waals surface area contributed by atoms with Crippen LogP contribution in [0.1, 0.15) is 38.7 Å². The molecule has 1 atom stereocenters. The number of ether oxygens (including phenoxy) is 2. The number of methoxy groups -OCH3 is 2. The van der Waals surface area contributed by atoms with Gasteiger partial charge in [-0.05, 0) is 66.9 Å². The normalized spacial score (nSPS) is 11.9. The first-order valence-corrected chi connectivity index (χ1v) is 16.1. The number of anilines is 1. The van der Waals surface area contributed by atoms with Gasteiger partial charge >= 0.3 is 0 Å². The van der Waals surface area contributed by atoms with E-state index in [1.807, 2.05) is 13.8 Å². The molecule has 0 aliphatic rings. The van der Waals surface area contributed by atoms with E-state index in [-0.39, 0.29) is 28.8 Å². The van der Waals surface area contributed by atoms with Crippen LogP contribution in [0, 0.1) is 0 Å². The Balaban J connectivity index is 2.06. The van der Waals surface area contributed by atoms with E-state index < -0.39 is 28.5 Å². The number of hydrogen-bond acceptors (Lipinski definition) is 6. The maximum absolute atomic E-state index is 14.1. The second-order valence-electron chi connectivity index (χ2n) is 9.72. The Kier molecular flexibility index (Phi) is 12.5. The van der Waals surface area contributed by atoms with E-state index in [9.17, 15) is 18.0 Å². The van der Waals surface area contributed by atoms with Crippen LogP contribution >= 0.6 is 23.2 Å². The Hall–Kier alpha value is -3.47. The molecule has 0 radical (unpaired) electrons. The molecule has 0 fully saturated rings. The molecule has 232 valence electrons. The largest absolute Gasteiger partial charge is 0.493 e. The highest BCUT2D eigenvalue weighted by atomic mass is 35.5. The number of carbonyl (C=O) groups excluding carboxylic acids is 2. The molecule has 0 saturated heterocycles. The molecule has 3 aromatic rings. The van der Waals surface area contributed by atoms with Crippen molar-refractivity contribution >= 4 is 50.7 Å². The zero-order valence-electron chi connectivity index (χ0n) is 24.7. The fraction of sp³-hybridized carbons (Fsp3) is 0.355. The maximum atomic E-state index is 14.1. The van der Waals surface area contributed by atoms with Crippen molar-refractivity contribution in [3.05, 3.63) is 82.3 Å². The lowest BCUT2D eigenvalue weighted by Gasteiger charge is -2.33. The standard InChI is InChI=1S/C31H37Cl2N3O6S/c1-5-7-18-34-31(38)27(6-2)35(20-22-8-10-23(32)11-9-22)30(37)21-36(25-14-12-24(33)13-15-25)43(39,40)26-16-17-28(41-3)29(19-26)42-4/h8-17,19,27H,5-7,18,20-21H2,1-4H3,(H,34,38). The van der Waals surface area contributed by atoms with Crippen molar-refractivity contribution in [2.45, 2.75) is 50.6 Å². The first kappa shape index (κ1) is 34.0. The van der Waals surface area contributed by atoms with Crippen LogP contribution in [0.5, 0.6) is 11.5 Å². The third-order valence-corrected chi connectivity index (χ3v) is 9.09. The van der Waals surface area contributed by atoms with Gasteiger partial charge in [0.05, 0.1) is 24.8 Å². The molecule has 0 aliphatic heterocycles. The van der Waals surface area contributed by atoms with Gasteiger partial charge in [0.25, 0.3) is 10.0 Å². The van der Waals surface area contributed by atoms with Crippen LogP contribution in [0.15, 0.2) is 71.6 Å². The summed E-state index contributed by atoms with van der Waals surface area (Å²) in [6.45, 7) is 3.79. The van der Waals surface area contributed by atoms with Crippen molar-refractivity contribution in [1.29, 1.82) is 0 Å². The summed E-state index contributed by atoms with van der Waals surface area (Å²) in [5.74, 6) is -0.305. The predicted molar refractivity (Wildman–Crippen MR) is 170 cm³/mol. The van der Waals surface area contributed by atoms with Gasteiger partial charge in [-0.25, -0.2) is 8.42 Å². The number of benzene rings is 3. The lowest BCUT2D eigenvalue weighted by atomic mass is 10.1. The van der Waals surface area contributed by atoms with Crippen LogP contribution in [0.25, 0.3) is 0 Å². The topological polar surface area (TPSA) is 105 Å². The molecule has 12 heteroatoms. The number of nitrogens with one attached hydrogen (secondary N) is 1. The fourth-order valence-electron chi connectivity index (χ4n) is 4.45. The zero-order chi connectivity index (χ0) is 31.6. The lowest BCUT2D eigenvalue weighted by molar-refractivity contribution is -0.140. The highest BCUT2D eigenvalue weighted by molar-refractivity contribution is 7.92. The summed E-state index contributed by atoms with van der Waals surface area (Å²) in [4.78, 5) is 28.7.